The zero-order valence-corrected chi connectivity index (χ0v) is 29.5. The molecule has 0 N–H and O–H groups in total. The molecule has 0 aliphatic carbocycles. The first-order valence-corrected chi connectivity index (χ1v) is 18.6. The highest BCUT2D eigenvalue weighted by atomic mass is 16.3. The summed E-state index contributed by atoms with van der Waals surface area (Å²) in [5.41, 5.74) is 12.2. The van der Waals surface area contributed by atoms with Crippen LogP contribution in [0.1, 0.15) is 0 Å². The summed E-state index contributed by atoms with van der Waals surface area (Å²) < 4.78 is 11.5. The summed E-state index contributed by atoms with van der Waals surface area (Å²) in [5, 5.41) is 7.65. The Hall–Kier alpha value is -7.50. The molecule has 5 nitrogen and oxygen atoms in total. The van der Waals surface area contributed by atoms with Crippen LogP contribution in [-0.4, -0.2) is 19.1 Å². The van der Waals surface area contributed by atoms with Crippen molar-refractivity contribution in [2.45, 2.75) is 0 Å². The third kappa shape index (κ3) is 4.35. The van der Waals surface area contributed by atoms with Crippen LogP contribution in [0.5, 0.6) is 0 Å². The highest BCUT2D eigenvalue weighted by Gasteiger charge is 2.26. The van der Waals surface area contributed by atoms with E-state index in [1.165, 1.54) is 10.9 Å². The number of hydrogen-bond donors (Lipinski definition) is 0. The molecule has 0 aliphatic rings. The fourth-order valence-corrected chi connectivity index (χ4v) is 8.73. The number of para-hydroxylation sites is 3. The molecule has 0 radical (unpaired) electrons. The van der Waals surface area contributed by atoms with E-state index in [1.54, 1.807) is 0 Å². The van der Waals surface area contributed by atoms with E-state index in [0.717, 1.165) is 93.6 Å². The van der Waals surface area contributed by atoms with E-state index in [2.05, 4.69) is 173 Å². The smallest absolute Gasteiger partial charge is 0.235 e. The van der Waals surface area contributed by atoms with Crippen LogP contribution in [0.4, 0.5) is 0 Å². The summed E-state index contributed by atoms with van der Waals surface area (Å²) in [6.45, 7) is 0. The summed E-state index contributed by atoms with van der Waals surface area (Å²) in [6.07, 6.45) is 0. The van der Waals surface area contributed by atoms with Crippen molar-refractivity contribution in [2.24, 2.45) is 0 Å². The lowest BCUT2D eigenvalue weighted by atomic mass is 10.0. The molecule has 12 aromatic rings. The minimum Gasteiger partial charge on any atom is -0.455 e. The van der Waals surface area contributed by atoms with Crippen LogP contribution in [0.15, 0.2) is 186 Å². The van der Waals surface area contributed by atoms with E-state index in [9.17, 15) is 0 Å². The van der Waals surface area contributed by atoms with Crippen molar-refractivity contribution in [2.75, 3.05) is 0 Å². The fourth-order valence-electron chi connectivity index (χ4n) is 8.73. The number of nitrogens with zero attached hydrogens (tertiary/aromatic N) is 4. The highest BCUT2D eigenvalue weighted by Crippen LogP contribution is 2.45. The van der Waals surface area contributed by atoms with Crippen molar-refractivity contribution < 1.29 is 4.42 Å². The van der Waals surface area contributed by atoms with Gasteiger partial charge in [0.15, 0.2) is 0 Å². The van der Waals surface area contributed by atoms with Crippen LogP contribution in [0.3, 0.4) is 0 Å². The van der Waals surface area contributed by atoms with E-state index in [1.807, 2.05) is 18.2 Å². The minimum absolute atomic E-state index is 0.607. The SMILES string of the molecule is c1ccc(-c2cccc(-n3c4ccccc4c4ccc5c6c7oc8ccccc8c7ccc6n(-c6nc(-c7ccccc7)c7ccccc7n6)c5c43)c2)cc1. The van der Waals surface area contributed by atoms with Crippen molar-refractivity contribution in [1.82, 2.24) is 19.1 Å². The van der Waals surface area contributed by atoms with Gasteiger partial charge in [0.1, 0.15) is 11.2 Å². The average molecular weight is 703 g/mol. The fraction of sp³-hybridized carbons (Fsp3) is 0. The van der Waals surface area contributed by atoms with Gasteiger partial charge in [0.25, 0.3) is 0 Å². The largest absolute Gasteiger partial charge is 0.455 e. The molecule has 0 fully saturated rings. The molecule has 0 saturated heterocycles. The first-order chi connectivity index (χ1) is 27.3. The van der Waals surface area contributed by atoms with Gasteiger partial charge < -0.3 is 8.98 Å². The zero-order chi connectivity index (χ0) is 36.0. The Bertz CT molecular complexity index is 3480. The number of benzene rings is 8. The standard InChI is InChI=1S/C50H30N4O/c1-3-14-31(15-4-1)33-18-13-19-34(30-33)53-42-24-11-8-20-35(42)37-26-27-40-45-43(29-28-38-36-21-9-12-25-44(36)55-49(38)45)54(48(40)47(37)53)50-51-41-23-10-7-22-39(41)46(52-50)32-16-5-2-6-17-32/h1-30H. The summed E-state index contributed by atoms with van der Waals surface area (Å²) in [6, 6.07) is 64.1. The zero-order valence-electron chi connectivity index (χ0n) is 29.5. The topological polar surface area (TPSA) is 48.8 Å². The Morgan fingerprint density at radius 1 is 0.400 bits per heavy atom. The number of fused-ring (bicyclic) bond motifs is 12. The molecule has 5 heteroatoms. The van der Waals surface area contributed by atoms with E-state index < -0.39 is 0 Å². The lowest BCUT2D eigenvalue weighted by Gasteiger charge is -2.14. The molecule has 8 aromatic carbocycles. The van der Waals surface area contributed by atoms with Gasteiger partial charge in [0, 0.05) is 43.6 Å². The second-order valence-corrected chi connectivity index (χ2v) is 14.2. The van der Waals surface area contributed by atoms with Gasteiger partial charge in [-0.05, 0) is 53.6 Å². The lowest BCUT2D eigenvalue weighted by molar-refractivity contribution is 0.673. The number of hydrogen-bond acceptors (Lipinski definition) is 3. The van der Waals surface area contributed by atoms with Gasteiger partial charge >= 0.3 is 0 Å². The van der Waals surface area contributed by atoms with E-state index in [-0.39, 0.29) is 0 Å². The normalized spacial score (nSPS) is 12.0. The van der Waals surface area contributed by atoms with Crippen LogP contribution in [0.2, 0.25) is 0 Å². The molecule has 0 bridgehead atoms. The molecule has 0 atom stereocenters. The van der Waals surface area contributed by atoms with Crippen LogP contribution < -0.4 is 0 Å². The number of furan rings is 1. The third-order valence-corrected chi connectivity index (χ3v) is 11.1. The van der Waals surface area contributed by atoms with Crippen LogP contribution in [0, 0.1) is 0 Å². The predicted octanol–water partition coefficient (Wildman–Crippen LogP) is 13.1. The quantitative estimate of drug-likeness (QED) is 0.183. The van der Waals surface area contributed by atoms with E-state index in [4.69, 9.17) is 14.4 Å². The Labute approximate surface area is 315 Å². The van der Waals surface area contributed by atoms with Crippen molar-refractivity contribution in [1.29, 1.82) is 0 Å². The maximum absolute atomic E-state index is 6.78. The van der Waals surface area contributed by atoms with Gasteiger partial charge in [-0.1, -0.05) is 140 Å². The van der Waals surface area contributed by atoms with Gasteiger partial charge in [0.2, 0.25) is 5.95 Å². The summed E-state index contributed by atoms with van der Waals surface area (Å²) in [4.78, 5) is 10.8. The molecular weight excluding hydrogens is 673 g/mol. The maximum atomic E-state index is 6.78. The monoisotopic (exact) mass is 702 g/mol. The summed E-state index contributed by atoms with van der Waals surface area (Å²) >= 11 is 0. The molecule has 0 aliphatic heterocycles. The molecular formula is C50H30N4O. The maximum Gasteiger partial charge on any atom is 0.235 e. The summed E-state index contributed by atoms with van der Waals surface area (Å²) in [5.74, 6) is 0.607. The van der Waals surface area contributed by atoms with Gasteiger partial charge in [-0.2, -0.15) is 0 Å². The van der Waals surface area contributed by atoms with Crippen LogP contribution >= 0.6 is 0 Å². The first-order valence-electron chi connectivity index (χ1n) is 18.6. The lowest BCUT2D eigenvalue weighted by Crippen LogP contribution is -2.04. The van der Waals surface area contributed by atoms with Crippen LogP contribution in [-0.2, 0) is 0 Å². The molecule has 256 valence electrons. The Kier molecular flexibility index (Phi) is 6.27. The average Bonchev–Trinajstić information content (AvgIpc) is 3.92. The second kappa shape index (κ2) is 11.5. The Morgan fingerprint density at radius 2 is 1.05 bits per heavy atom. The van der Waals surface area contributed by atoms with Crippen molar-refractivity contribution in [3.05, 3.63) is 182 Å². The highest BCUT2D eigenvalue weighted by molar-refractivity contribution is 6.29. The summed E-state index contributed by atoms with van der Waals surface area (Å²) in [7, 11) is 0. The Morgan fingerprint density at radius 3 is 1.91 bits per heavy atom. The van der Waals surface area contributed by atoms with Crippen LogP contribution in [0.25, 0.3) is 110 Å². The third-order valence-electron chi connectivity index (χ3n) is 11.1. The van der Waals surface area contributed by atoms with Gasteiger partial charge in [-0.25, -0.2) is 9.97 Å². The molecule has 4 heterocycles. The first kappa shape index (κ1) is 30.0. The molecule has 0 amide bonds. The molecule has 0 unspecified atom stereocenters. The van der Waals surface area contributed by atoms with Gasteiger partial charge in [0.05, 0.1) is 38.7 Å². The van der Waals surface area contributed by atoms with Gasteiger partial charge in [-0.15, -0.1) is 0 Å². The van der Waals surface area contributed by atoms with Crippen molar-refractivity contribution >= 4 is 76.5 Å². The molecule has 12 rings (SSSR count). The van der Waals surface area contributed by atoms with Crippen molar-refractivity contribution in [3.63, 3.8) is 0 Å². The predicted molar refractivity (Wildman–Crippen MR) is 226 cm³/mol. The molecule has 0 spiro atoms. The minimum atomic E-state index is 0.607. The van der Waals surface area contributed by atoms with Gasteiger partial charge in [-0.3, -0.25) is 4.57 Å². The van der Waals surface area contributed by atoms with Crippen molar-refractivity contribution in [3.8, 4) is 34.0 Å². The number of rotatable bonds is 4. The molecule has 0 saturated carbocycles. The molecule has 4 aromatic heterocycles. The van der Waals surface area contributed by atoms with E-state index in [0.29, 0.717) is 5.95 Å². The number of aromatic nitrogens is 4. The van der Waals surface area contributed by atoms with E-state index >= 15 is 0 Å². The molecule has 55 heavy (non-hydrogen) atoms. The second-order valence-electron chi connectivity index (χ2n) is 14.2. The Balaban J connectivity index is 1.29.